The number of hydrogen-bond donors (Lipinski definition) is 0. The number of para-hydroxylation sites is 6. The molecule has 12 aromatic carbocycles. The highest BCUT2D eigenvalue weighted by Crippen LogP contribution is 2.40. The lowest BCUT2D eigenvalue weighted by molar-refractivity contribution is 1.17. The fraction of sp³-hybridized carbons (Fsp3) is 0. The van der Waals surface area contributed by atoms with Crippen LogP contribution < -0.4 is 0 Å². The minimum Gasteiger partial charge on any atom is -0.309 e. The molecule has 0 aliphatic heterocycles. The highest BCUT2D eigenvalue weighted by atomic mass is 15.0. The van der Waals surface area contributed by atoms with Crippen molar-refractivity contribution in [3.05, 3.63) is 315 Å². The van der Waals surface area contributed by atoms with Crippen LogP contribution in [0.1, 0.15) is 0 Å². The summed E-state index contributed by atoms with van der Waals surface area (Å²) in [7, 11) is 0. The monoisotopic (exact) mass is 1100 g/mol. The zero-order valence-corrected chi connectivity index (χ0v) is 46.7. The molecule has 0 amide bonds. The molecule has 6 heterocycles. The van der Waals surface area contributed by atoms with Crippen molar-refractivity contribution >= 4 is 98.3 Å². The average molecular weight is 1100 g/mol. The van der Waals surface area contributed by atoms with Gasteiger partial charge in [-0.1, -0.05) is 194 Å². The number of nitrogens with zero attached hydrogens (tertiary/aromatic N) is 6. The Hall–Kier alpha value is -11.6. The molecular weight excluding hydrogens is 1040 g/mol. The molecule has 0 bridgehead atoms. The smallest absolute Gasteiger partial charge is 0.0970 e. The first-order valence-corrected chi connectivity index (χ1v) is 29.3. The van der Waals surface area contributed by atoms with Crippen molar-refractivity contribution < 1.29 is 0 Å². The van der Waals surface area contributed by atoms with Gasteiger partial charge in [-0.3, -0.25) is 0 Å². The van der Waals surface area contributed by atoms with E-state index in [1.54, 1.807) is 0 Å². The van der Waals surface area contributed by atoms with E-state index in [0.717, 1.165) is 83.4 Å². The molecule has 6 aromatic heterocycles. The molecule has 402 valence electrons. The van der Waals surface area contributed by atoms with Crippen LogP contribution in [0, 0.1) is 0 Å². The van der Waals surface area contributed by atoms with E-state index in [4.69, 9.17) is 9.97 Å². The molecule has 6 heteroatoms. The second kappa shape index (κ2) is 20.1. The highest BCUT2D eigenvalue weighted by molar-refractivity contribution is 6.13. The van der Waals surface area contributed by atoms with E-state index in [1.165, 1.54) is 71.2 Å². The van der Waals surface area contributed by atoms with Crippen LogP contribution in [0.3, 0.4) is 0 Å². The molecule has 6 nitrogen and oxygen atoms in total. The lowest BCUT2D eigenvalue weighted by Crippen LogP contribution is -1.94. The summed E-state index contributed by atoms with van der Waals surface area (Å²) in [6.45, 7) is 0. The lowest BCUT2D eigenvalue weighted by atomic mass is 10.1. The number of benzene rings is 12. The lowest BCUT2D eigenvalue weighted by Gasteiger charge is -2.10. The van der Waals surface area contributed by atoms with Crippen LogP contribution in [0.4, 0.5) is 0 Å². The summed E-state index contributed by atoms with van der Waals surface area (Å²) >= 11 is 0. The van der Waals surface area contributed by atoms with E-state index in [-0.39, 0.29) is 0 Å². The van der Waals surface area contributed by atoms with Crippen molar-refractivity contribution in [3.8, 4) is 56.4 Å². The van der Waals surface area contributed by atoms with E-state index < -0.39 is 0 Å². The quantitative estimate of drug-likeness (QED) is 0.160. The van der Waals surface area contributed by atoms with Gasteiger partial charge in [-0.15, -0.1) is 0 Å². The van der Waals surface area contributed by atoms with Crippen LogP contribution in [0.5, 0.6) is 0 Å². The van der Waals surface area contributed by atoms with Crippen molar-refractivity contribution in [2.24, 2.45) is 0 Å². The van der Waals surface area contributed by atoms with Gasteiger partial charge in [0.05, 0.1) is 66.6 Å². The van der Waals surface area contributed by atoms with Gasteiger partial charge in [0, 0.05) is 66.2 Å². The Morgan fingerprint density at radius 3 is 1.03 bits per heavy atom. The molecule has 0 radical (unpaired) electrons. The van der Waals surface area contributed by atoms with Crippen LogP contribution in [0.15, 0.2) is 315 Å². The van der Waals surface area contributed by atoms with Crippen LogP contribution in [0.25, 0.3) is 155 Å². The van der Waals surface area contributed by atoms with Gasteiger partial charge in [-0.05, 0) is 143 Å². The maximum absolute atomic E-state index is 5.28. The van der Waals surface area contributed by atoms with E-state index in [9.17, 15) is 0 Å². The number of aromatic nitrogens is 6. The highest BCUT2D eigenvalue weighted by Gasteiger charge is 2.20. The summed E-state index contributed by atoms with van der Waals surface area (Å²) in [6.07, 6.45) is 0. The molecule has 0 N–H and O–H groups in total. The van der Waals surface area contributed by atoms with Crippen LogP contribution in [0.2, 0.25) is 0 Å². The Bertz CT molecular complexity index is 5630. The minimum absolute atomic E-state index is 0.972. The van der Waals surface area contributed by atoms with Gasteiger partial charge in [0.15, 0.2) is 0 Å². The second-order valence-corrected chi connectivity index (χ2v) is 22.1. The van der Waals surface area contributed by atoms with E-state index in [1.807, 2.05) is 0 Å². The third-order valence-electron chi connectivity index (χ3n) is 17.2. The third-order valence-corrected chi connectivity index (χ3v) is 17.2. The predicted octanol–water partition coefficient (Wildman–Crippen LogP) is 20.7. The van der Waals surface area contributed by atoms with Crippen molar-refractivity contribution in [2.45, 2.75) is 0 Å². The number of hydrogen-bond acceptors (Lipinski definition) is 2. The van der Waals surface area contributed by atoms with Gasteiger partial charge in [-0.2, -0.15) is 0 Å². The molecule has 18 aromatic rings. The van der Waals surface area contributed by atoms with Gasteiger partial charge in [-0.25, -0.2) is 9.97 Å². The molecule has 0 aliphatic rings. The van der Waals surface area contributed by atoms with E-state index >= 15 is 0 Å². The fourth-order valence-corrected chi connectivity index (χ4v) is 13.3. The Labute approximate surface area is 495 Å². The third kappa shape index (κ3) is 8.03. The van der Waals surface area contributed by atoms with Gasteiger partial charge in [0.2, 0.25) is 0 Å². The topological polar surface area (TPSA) is 45.5 Å². The van der Waals surface area contributed by atoms with E-state index in [0.29, 0.717) is 0 Å². The van der Waals surface area contributed by atoms with Crippen molar-refractivity contribution in [1.82, 2.24) is 28.2 Å². The minimum atomic E-state index is 0.972. The van der Waals surface area contributed by atoms with E-state index in [2.05, 4.69) is 334 Å². The molecule has 86 heavy (non-hydrogen) atoms. The van der Waals surface area contributed by atoms with Gasteiger partial charge in [0.25, 0.3) is 0 Å². The Kier molecular flexibility index (Phi) is 11.5. The summed E-state index contributed by atoms with van der Waals surface area (Å²) in [5.41, 5.74) is 22.6. The first kappa shape index (κ1) is 49.0. The summed E-state index contributed by atoms with van der Waals surface area (Å²) in [6, 6.07) is 112. The summed E-state index contributed by atoms with van der Waals surface area (Å²) in [4.78, 5) is 10.6. The summed E-state index contributed by atoms with van der Waals surface area (Å²) < 4.78 is 9.36. The molecule has 0 atom stereocenters. The number of rotatable bonds is 7. The van der Waals surface area contributed by atoms with Gasteiger partial charge in [0.1, 0.15) is 0 Å². The zero-order chi connectivity index (χ0) is 56.7. The van der Waals surface area contributed by atoms with Crippen molar-refractivity contribution in [1.29, 1.82) is 0 Å². The Morgan fingerprint density at radius 1 is 0.186 bits per heavy atom. The summed E-state index contributed by atoms with van der Waals surface area (Å²) in [5, 5.41) is 9.73. The SMILES string of the molecule is c1ccc(-c2ccc(-n3c4ccccc4c4cc(-c5ccc6c(n5)c5ccccc5n6-c5ccccc5)ccc43)cc2)cc1.c1ccc(-n2c3ccccc3c3nc(-c4ccc5c(c4)c4ccccc4n5-c4ccc5ccccc5c4)ccc32)cc1. The normalized spacial score (nSPS) is 11.7. The second-order valence-electron chi connectivity index (χ2n) is 22.1. The molecular formula is C80H52N6. The van der Waals surface area contributed by atoms with Crippen LogP contribution >= 0.6 is 0 Å². The molecule has 0 saturated heterocycles. The molecule has 0 fully saturated rings. The standard InChI is InChI=1S/C41H27N3.C39H25N3/c1-3-11-28(12-4-1)29-19-22-32(23-20-29)43-37-17-9-7-15-33(37)35-27-30(21-25-39(35)43)36-24-26-40-41(42-36)34-16-8-10-18-38(34)44(40)31-13-5-2-6-14-31;1-2-12-29(13-3-1)41-36-17-9-7-15-32(36)39-38(41)23-21-34(40-39)28-19-22-37-33(25-28)31-14-6-8-16-35(31)42(37)30-20-18-26-10-4-5-11-27(26)24-30/h1-27H;1-25H. The first-order valence-electron chi connectivity index (χ1n) is 29.3. The molecule has 0 spiro atoms. The predicted molar refractivity (Wildman–Crippen MR) is 360 cm³/mol. The molecule has 0 unspecified atom stereocenters. The van der Waals surface area contributed by atoms with Crippen molar-refractivity contribution in [2.75, 3.05) is 0 Å². The molecule has 0 saturated carbocycles. The Balaban J connectivity index is 0.000000135. The van der Waals surface area contributed by atoms with Gasteiger partial charge < -0.3 is 18.3 Å². The molecule has 0 aliphatic carbocycles. The summed E-state index contributed by atoms with van der Waals surface area (Å²) in [5.74, 6) is 0. The first-order chi connectivity index (χ1) is 42.7. The van der Waals surface area contributed by atoms with Crippen molar-refractivity contribution in [3.63, 3.8) is 0 Å². The van der Waals surface area contributed by atoms with Crippen LogP contribution in [-0.4, -0.2) is 28.2 Å². The Morgan fingerprint density at radius 2 is 0.523 bits per heavy atom. The maximum atomic E-state index is 5.28. The van der Waals surface area contributed by atoms with Crippen LogP contribution in [-0.2, 0) is 0 Å². The fourth-order valence-electron chi connectivity index (χ4n) is 13.3. The van der Waals surface area contributed by atoms with Gasteiger partial charge >= 0.3 is 0 Å². The average Bonchev–Trinajstić information content (AvgIpc) is 2.13. The molecule has 18 rings (SSSR count). The number of fused-ring (bicyclic) bond motifs is 13. The zero-order valence-electron chi connectivity index (χ0n) is 46.7. The maximum Gasteiger partial charge on any atom is 0.0970 e. The number of pyridine rings is 2. The largest absolute Gasteiger partial charge is 0.309 e.